The predicted molar refractivity (Wildman–Crippen MR) is 113 cm³/mol. The van der Waals surface area contributed by atoms with Crippen molar-refractivity contribution < 1.29 is 24.2 Å². The fourth-order valence-electron chi connectivity index (χ4n) is 3.50. The lowest BCUT2D eigenvalue weighted by atomic mass is 9.91. The molecule has 0 aromatic heterocycles. The summed E-state index contributed by atoms with van der Waals surface area (Å²) in [6, 6.07) is 12.9. The summed E-state index contributed by atoms with van der Waals surface area (Å²) in [6.45, 7) is 4.82. The average Bonchev–Trinajstić information content (AvgIpc) is 2.98. The van der Waals surface area contributed by atoms with Crippen LogP contribution in [0.5, 0.6) is 5.75 Å². The first-order valence-electron chi connectivity index (χ1n) is 9.57. The van der Waals surface area contributed by atoms with Crippen molar-refractivity contribution in [3.8, 4) is 5.75 Å². The van der Waals surface area contributed by atoms with E-state index in [9.17, 15) is 19.5 Å². The van der Waals surface area contributed by atoms with E-state index in [-0.39, 0.29) is 17.3 Å². The van der Waals surface area contributed by atoms with Crippen molar-refractivity contribution >= 4 is 29.0 Å². The SMILES string of the molecule is COc1cccc(C2C(C(=O)C(C)C)=C(O)C(=O)N2c2cccc(NC(C)=O)c2)c1. The van der Waals surface area contributed by atoms with E-state index < -0.39 is 23.6 Å². The van der Waals surface area contributed by atoms with Gasteiger partial charge in [-0.2, -0.15) is 0 Å². The predicted octanol–water partition coefficient (Wildman–Crippen LogP) is 3.78. The maximum Gasteiger partial charge on any atom is 0.294 e. The molecule has 0 radical (unpaired) electrons. The minimum absolute atomic E-state index is 0.0492. The van der Waals surface area contributed by atoms with Gasteiger partial charge in [-0.1, -0.05) is 32.0 Å². The summed E-state index contributed by atoms with van der Waals surface area (Å²) in [5.41, 5.74) is 1.62. The van der Waals surface area contributed by atoms with Gasteiger partial charge in [-0.25, -0.2) is 0 Å². The van der Waals surface area contributed by atoms with Gasteiger partial charge >= 0.3 is 0 Å². The Kier molecular flexibility index (Phi) is 5.91. The molecule has 0 saturated heterocycles. The molecule has 1 atom stereocenters. The van der Waals surface area contributed by atoms with Crippen LogP contribution in [0.1, 0.15) is 32.4 Å². The van der Waals surface area contributed by atoms with Crippen LogP contribution in [-0.4, -0.2) is 29.8 Å². The van der Waals surface area contributed by atoms with Gasteiger partial charge in [-0.15, -0.1) is 0 Å². The maximum absolute atomic E-state index is 13.1. The number of aliphatic hydroxyl groups is 1. The van der Waals surface area contributed by atoms with E-state index in [1.165, 1.54) is 18.9 Å². The highest BCUT2D eigenvalue weighted by Gasteiger charge is 2.44. The van der Waals surface area contributed by atoms with Crippen LogP contribution in [0.15, 0.2) is 59.9 Å². The highest BCUT2D eigenvalue weighted by atomic mass is 16.5. The summed E-state index contributed by atoms with van der Waals surface area (Å²) >= 11 is 0. The van der Waals surface area contributed by atoms with Crippen LogP contribution in [0.4, 0.5) is 11.4 Å². The van der Waals surface area contributed by atoms with Crippen LogP contribution in [0, 0.1) is 5.92 Å². The Morgan fingerprint density at radius 3 is 2.47 bits per heavy atom. The second kappa shape index (κ2) is 8.41. The Balaban J connectivity index is 2.17. The molecule has 1 aliphatic heterocycles. The van der Waals surface area contributed by atoms with Gasteiger partial charge in [0.05, 0.1) is 18.7 Å². The molecule has 7 nitrogen and oxygen atoms in total. The minimum Gasteiger partial charge on any atom is -0.503 e. The Morgan fingerprint density at radius 2 is 1.83 bits per heavy atom. The molecule has 0 saturated carbocycles. The quantitative estimate of drug-likeness (QED) is 0.758. The largest absolute Gasteiger partial charge is 0.503 e. The molecule has 2 aromatic rings. The van der Waals surface area contributed by atoms with Crippen molar-refractivity contribution in [3.05, 3.63) is 65.4 Å². The lowest BCUT2D eigenvalue weighted by Crippen LogP contribution is -2.31. The summed E-state index contributed by atoms with van der Waals surface area (Å²) in [6.07, 6.45) is 0. The van der Waals surface area contributed by atoms with Crippen molar-refractivity contribution in [2.24, 2.45) is 5.92 Å². The van der Waals surface area contributed by atoms with Crippen LogP contribution >= 0.6 is 0 Å². The van der Waals surface area contributed by atoms with Gasteiger partial charge in [0.1, 0.15) is 5.75 Å². The third kappa shape index (κ3) is 3.91. The Labute approximate surface area is 175 Å². The highest BCUT2D eigenvalue weighted by Crippen LogP contribution is 2.42. The van der Waals surface area contributed by atoms with Crippen molar-refractivity contribution in [3.63, 3.8) is 0 Å². The Hall–Kier alpha value is -3.61. The second-order valence-corrected chi connectivity index (χ2v) is 7.37. The topological polar surface area (TPSA) is 95.9 Å². The normalized spacial score (nSPS) is 16.2. The first-order valence-corrected chi connectivity index (χ1v) is 9.57. The van der Waals surface area contributed by atoms with E-state index in [0.29, 0.717) is 22.7 Å². The number of aliphatic hydroxyl groups excluding tert-OH is 1. The van der Waals surface area contributed by atoms with Crippen LogP contribution in [0.3, 0.4) is 0 Å². The van der Waals surface area contributed by atoms with Crippen molar-refractivity contribution in [1.29, 1.82) is 0 Å². The standard InChI is InChI=1S/C23H24N2O5/c1-13(2)21(27)19-20(15-7-5-10-18(11-15)30-4)25(23(29)22(19)28)17-9-6-8-16(12-17)24-14(3)26/h5-13,20,28H,1-4H3,(H,24,26). The molecule has 30 heavy (non-hydrogen) atoms. The highest BCUT2D eigenvalue weighted by molar-refractivity contribution is 6.17. The summed E-state index contributed by atoms with van der Waals surface area (Å²) in [7, 11) is 1.53. The number of methoxy groups -OCH3 is 1. The molecule has 3 rings (SSSR count). The zero-order valence-electron chi connectivity index (χ0n) is 17.3. The number of anilines is 2. The monoisotopic (exact) mass is 408 g/mol. The Bertz CT molecular complexity index is 1040. The Morgan fingerprint density at radius 1 is 1.13 bits per heavy atom. The van der Waals surface area contributed by atoms with E-state index in [0.717, 1.165) is 0 Å². The number of ether oxygens (including phenoxy) is 1. The average molecular weight is 408 g/mol. The van der Waals surface area contributed by atoms with Gasteiger partial charge in [0.15, 0.2) is 11.5 Å². The van der Waals surface area contributed by atoms with Gasteiger partial charge < -0.3 is 15.2 Å². The number of hydrogen-bond donors (Lipinski definition) is 2. The number of carbonyl (C=O) groups is 3. The number of rotatable bonds is 6. The van der Waals surface area contributed by atoms with Crippen LogP contribution < -0.4 is 15.0 Å². The molecule has 2 amide bonds. The molecule has 1 aliphatic rings. The molecule has 156 valence electrons. The second-order valence-electron chi connectivity index (χ2n) is 7.37. The summed E-state index contributed by atoms with van der Waals surface area (Å²) in [5.74, 6) is -1.64. The van der Waals surface area contributed by atoms with E-state index in [2.05, 4.69) is 5.32 Å². The first kappa shape index (κ1) is 21.1. The molecule has 1 heterocycles. The number of hydrogen-bond acceptors (Lipinski definition) is 5. The van der Waals surface area contributed by atoms with Gasteiger partial charge in [0.25, 0.3) is 5.91 Å². The number of amides is 2. The lowest BCUT2D eigenvalue weighted by Gasteiger charge is -2.28. The van der Waals surface area contributed by atoms with Crippen molar-refractivity contribution in [2.45, 2.75) is 26.8 Å². The third-order valence-electron chi connectivity index (χ3n) is 4.85. The molecule has 2 aromatic carbocycles. The zero-order chi connectivity index (χ0) is 22.0. The fourth-order valence-corrected chi connectivity index (χ4v) is 3.50. The number of ketones is 1. The smallest absolute Gasteiger partial charge is 0.294 e. The maximum atomic E-state index is 13.1. The van der Waals surface area contributed by atoms with Crippen LogP contribution in [0.25, 0.3) is 0 Å². The molecule has 0 spiro atoms. The zero-order valence-corrected chi connectivity index (χ0v) is 17.3. The molecule has 1 unspecified atom stereocenters. The molecule has 2 N–H and O–H groups in total. The van der Waals surface area contributed by atoms with Gasteiger partial charge in [0, 0.05) is 24.2 Å². The molecule has 0 aliphatic carbocycles. The van der Waals surface area contributed by atoms with Gasteiger partial charge in [-0.05, 0) is 35.9 Å². The molecule has 7 heteroatoms. The van der Waals surface area contributed by atoms with Crippen molar-refractivity contribution in [2.75, 3.05) is 17.3 Å². The van der Waals surface area contributed by atoms with Crippen LogP contribution in [-0.2, 0) is 14.4 Å². The number of benzene rings is 2. The molecular formula is C23H24N2O5. The van der Waals surface area contributed by atoms with Crippen LogP contribution in [0.2, 0.25) is 0 Å². The number of nitrogens with one attached hydrogen (secondary N) is 1. The van der Waals surface area contributed by atoms with Gasteiger partial charge in [-0.3, -0.25) is 19.3 Å². The summed E-state index contributed by atoms with van der Waals surface area (Å²) in [4.78, 5) is 38.8. The molecular weight excluding hydrogens is 384 g/mol. The third-order valence-corrected chi connectivity index (χ3v) is 4.85. The van der Waals surface area contributed by atoms with E-state index in [1.54, 1.807) is 62.4 Å². The van der Waals surface area contributed by atoms with E-state index in [4.69, 9.17) is 4.74 Å². The molecule has 0 fully saturated rings. The van der Waals surface area contributed by atoms with E-state index in [1.807, 2.05) is 0 Å². The van der Waals surface area contributed by atoms with Gasteiger partial charge in [0.2, 0.25) is 5.91 Å². The summed E-state index contributed by atoms with van der Waals surface area (Å²) < 4.78 is 5.30. The van der Waals surface area contributed by atoms with Crippen molar-refractivity contribution in [1.82, 2.24) is 0 Å². The minimum atomic E-state index is -0.824. The number of carbonyl (C=O) groups excluding carboxylic acids is 3. The fraction of sp³-hybridized carbons (Fsp3) is 0.261. The number of Topliss-reactive ketones (excluding diaryl/α,β-unsaturated/α-hetero) is 1. The first-order chi connectivity index (χ1) is 14.2. The van der Waals surface area contributed by atoms with E-state index >= 15 is 0 Å². The summed E-state index contributed by atoms with van der Waals surface area (Å²) in [5, 5.41) is 13.3. The lowest BCUT2D eigenvalue weighted by molar-refractivity contribution is -0.119. The molecule has 0 bridgehead atoms. The number of nitrogens with zero attached hydrogens (tertiary/aromatic N) is 1.